The van der Waals surface area contributed by atoms with Gasteiger partial charge in [-0.1, -0.05) is 47.0 Å². The van der Waals surface area contributed by atoms with E-state index in [-0.39, 0.29) is 17.7 Å². The van der Waals surface area contributed by atoms with Crippen molar-refractivity contribution in [1.82, 2.24) is 5.32 Å². The molecule has 3 atom stereocenters. The molecule has 0 aromatic heterocycles. The highest BCUT2D eigenvalue weighted by Crippen LogP contribution is 2.15. The maximum absolute atomic E-state index is 11.8. The SMILES string of the molecule is CCCCC(NC(=O)C(C)C(C)CC)C(=O)O. The van der Waals surface area contributed by atoms with Crippen molar-refractivity contribution in [3.63, 3.8) is 0 Å². The molecular formula is C13H25NO3. The van der Waals surface area contributed by atoms with Gasteiger partial charge in [-0.25, -0.2) is 4.79 Å². The summed E-state index contributed by atoms with van der Waals surface area (Å²) in [6, 6.07) is -0.742. The number of hydrogen-bond donors (Lipinski definition) is 2. The van der Waals surface area contributed by atoms with Gasteiger partial charge in [0.25, 0.3) is 0 Å². The Morgan fingerprint density at radius 2 is 1.82 bits per heavy atom. The third kappa shape index (κ3) is 5.71. The molecule has 0 heterocycles. The Morgan fingerprint density at radius 1 is 1.24 bits per heavy atom. The monoisotopic (exact) mass is 243 g/mol. The van der Waals surface area contributed by atoms with Crippen LogP contribution in [0.25, 0.3) is 0 Å². The molecule has 4 nitrogen and oxygen atoms in total. The Hall–Kier alpha value is -1.06. The molecule has 3 unspecified atom stereocenters. The second kappa shape index (κ2) is 8.09. The lowest BCUT2D eigenvalue weighted by Gasteiger charge is -2.21. The molecule has 0 saturated heterocycles. The third-order valence-corrected chi connectivity index (χ3v) is 3.37. The molecule has 0 saturated carbocycles. The van der Waals surface area contributed by atoms with Crippen molar-refractivity contribution in [1.29, 1.82) is 0 Å². The number of carboxylic acids is 1. The van der Waals surface area contributed by atoms with Gasteiger partial charge < -0.3 is 10.4 Å². The summed E-state index contributed by atoms with van der Waals surface area (Å²) >= 11 is 0. The highest BCUT2D eigenvalue weighted by Gasteiger charge is 2.24. The van der Waals surface area contributed by atoms with Crippen molar-refractivity contribution in [3.8, 4) is 0 Å². The van der Waals surface area contributed by atoms with Crippen LogP contribution in [0.2, 0.25) is 0 Å². The van der Waals surface area contributed by atoms with E-state index in [9.17, 15) is 9.59 Å². The van der Waals surface area contributed by atoms with Gasteiger partial charge in [-0.15, -0.1) is 0 Å². The van der Waals surface area contributed by atoms with Crippen molar-refractivity contribution in [2.45, 2.75) is 59.4 Å². The van der Waals surface area contributed by atoms with E-state index in [1.54, 1.807) is 0 Å². The first-order chi connectivity index (χ1) is 7.93. The quantitative estimate of drug-likeness (QED) is 0.688. The Kier molecular flexibility index (Phi) is 7.59. The lowest BCUT2D eigenvalue weighted by Crippen LogP contribution is -2.44. The van der Waals surface area contributed by atoms with Crippen molar-refractivity contribution in [3.05, 3.63) is 0 Å². The molecule has 1 amide bonds. The zero-order valence-corrected chi connectivity index (χ0v) is 11.3. The van der Waals surface area contributed by atoms with E-state index in [2.05, 4.69) is 5.32 Å². The van der Waals surface area contributed by atoms with E-state index < -0.39 is 12.0 Å². The zero-order chi connectivity index (χ0) is 13.4. The molecule has 2 N–H and O–H groups in total. The minimum absolute atomic E-state index is 0.136. The highest BCUT2D eigenvalue weighted by atomic mass is 16.4. The Bertz CT molecular complexity index is 253. The lowest BCUT2D eigenvalue weighted by molar-refractivity contribution is -0.142. The van der Waals surface area contributed by atoms with Gasteiger partial charge in [0.05, 0.1) is 0 Å². The van der Waals surface area contributed by atoms with E-state index in [1.807, 2.05) is 27.7 Å². The largest absolute Gasteiger partial charge is 0.480 e. The minimum atomic E-state index is -0.942. The standard InChI is InChI=1S/C13H25NO3/c1-5-7-8-11(13(16)17)14-12(15)10(4)9(3)6-2/h9-11H,5-8H2,1-4H3,(H,14,15)(H,16,17). The topological polar surface area (TPSA) is 66.4 Å². The number of carboxylic acid groups (broad SMARTS) is 1. The molecule has 0 radical (unpaired) electrons. The van der Waals surface area contributed by atoms with Crippen molar-refractivity contribution in [2.75, 3.05) is 0 Å². The van der Waals surface area contributed by atoms with Crippen LogP contribution in [0.3, 0.4) is 0 Å². The number of amides is 1. The van der Waals surface area contributed by atoms with Crippen LogP contribution in [0.15, 0.2) is 0 Å². The molecule has 0 rings (SSSR count). The number of aliphatic carboxylic acids is 1. The molecule has 0 aromatic rings. The summed E-state index contributed by atoms with van der Waals surface area (Å²) < 4.78 is 0. The van der Waals surface area contributed by atoms with Crippen LogP contribution in [0.1, 0.15) is 53.4 Å². The summed E-state index contributed by atoms with van der Waals surface area (Å²) in [4.78, 5) is 22.8. The molecule has 100 valence electrons. The van der Waals surface area contributed by atoms with Crippen molar-refractivity contribution >= 4 is 11.9 Å². The Balaban J connectivity index is 4.34. The average molecular weight is 243 g/mol. The molecule has 0 aliphatic heterocycles. The number of unbranched alkanes of at least 4 members (excludes halogenated alkanes) is 1. The highest BCUT2D eigenvalue weighted by molar-refractivity contribution is 5.84. The summed E-state index contributed by atoms with van der Waals surface area (Å²) in [5.41, 5.74) is 0. The molecule has 0 fully saturated rings. The average Bonchev–Trinajstić information content (AvgIpc) is 2.31. The summed E-state index contributed by atoms with van der Waals surface area (Å²) in [5.74, 6) is -0.954. The first-order valence-corrected chi connectivity index (χ1v) is 6.47. The smallest absolute Gasteiger partial charge is 0.326 e. The number of carbonyl (C=O) groups excluding carboxylic acids is 1. The lowest BCUT2D eigenvalue weighted by atomic mass is 9.92. The van der Waals surface area contributed by atoms with Gasteiger partial charge in [0.15, 0.2) is 0 Å². The van der Waals surface area contributed by atoms with Gasteiger partial charge in [0.1, 0.15) is 6.04 Å². The molecule has 0 spiro atoms. The van der Waals surface area contributed by atoms with Crippen LogP contribution >= 0.6 is 0 Å². The van der Waals surface area contributed by atoms with Gasteiger partial charge in [0, 0.05) is 5.92 Å². The van der Waals surface area contributed by atoms with Gasteiger partial charge in [-0.3, -0.25) is 4.79 Å². The number of carbonyl (C=O) groups is 2. The Labute approximate surface area is 104 Å². The fraction of sp³-hybridized carbons (Fsp3) is 0.846. The number of hydrogen-bond acceptors (Lipinski definition) is 2. The third-order valence-electron chi connectivity index (χ3n) is 3.37. The maximum Gasteiger partial charge on any atom is 0.326 e. The van der Waals surface area contributed by atoms with E-state index >= 15 is 0 Å². The fourth-order valence-corrected chi connectivity index (χ4v) is 1.58. The van der Waals surface area contributed by atoms with E-state index in [0.717, 1.165) is 19.3 Å². The van der Waals surface area contributed by atoms with E-state index in [0.29, 0.717) is 6.42 Å². The van der Waals surface area contributed by atoms with Crippen molar-refractivity contribution < 1.29 is 14.7 Å². The maximum atomic E-state index is 11.8. The van der Waals surface area contributed by atoms with Crippen LogP contribution < -0.4 is 5.32 Å². The van der Waals surface area contributed by atoms with Gasteiger partial charge in [-0.2, -0.15) is 0 Å². The van der Waals surface area contributed by atoms with Crippen LogP contribution in [-0.4, -0.2) is 23.0 Å². The molecule has 4 heteroatoms. The van der Waals surface area contributed by atoms with E-state index in [4.69, 9.17) is 5.11 Å². The summed E-state index contributed by atoms with van der Waals surface area (Å²) in [7, 11) is 0. The fourth-order valence-electron chi connectivity index (χ4n) is 1.58. The summed E-state index contributed by atoms with van der Waals surface area (Å²) in [5, 5.41) is 11.6. The minimum Gasteiger partial charge on any atom is -0.480 e. The molecule has 17 heavy (non-hydrogen) atoms. The van der Waals surface area contributed by atoms with Crippen LogP contribution in [0.5, 0.6) is 0 Å². The summed E-state index contributed by atoms with van der Waals surface area (Å²) in [6.45, 7) is 7.89. The van der Waals surface area contributed by atoms with Crippen LogP contribution in [0.4, 0.5) is 0 Å². The second-order valence-electron chi connectivity index (χ2n) is 4.72. The first kappa shape index (κ1) is 15.9. The molecule has 0 aliphatic rings. The van der Waals surface area contributed by atoms with Gasteiger partial charge >= 0.3 is 5.97 Å². The zero-order valence-electron chi connectivity index (χ0n) is 11.3. The second-order valence-corrected chi connectivity index (χ2v) is 4.72. The predicted octanol–water partition coefficient (Wildman–Crippen LogP) is 2.43. The molecule has 0 bridgehead atoms. The number of rotatable bonds is 8. The summed E-state index contributed by atoms with van der Waals surface area (Å²) in [6.07, 6.45) is 3.17. The normalized spacial score (nSPS) is 16.0. The van der Waals surface area contributed by atoms with E-state index in [1.165, 1.54) is 0 Å². The predicted molar refractivity (Wildman–Crippen MR) is 67.7 cm³/mol. The molecule has 0 aromatic carbocycles. The van der Waals surface area contributed by atoms with Crippen LogP contribution in [-0.2, 0) is 9.59 Å². The van der Waals surface area contributed by atoms with Crippen molar-refractivity contribution in [2.24, 2.45) is 11.8 Å². The van der Waals surface area contributed by atoms with Crippen LogP contribution in [0, 0.1) is 11.8 Å². The van der Waals surface area contributed by atoms with Gasteiger partial charge in [-0.05, 0) is 12.3 Å². The molecular weight excluding hydrogens is 218 g/mol. The first-order valence-electron chi connectivity index (χ1n) is 6.47. The molecule has 0 aliphatic carbocycles. The Morgan fingerprint density at radius 3 is 2.24 bits per heavy atom. The number of nitrogens with one attached hydrogen (secondary N) is 1. The van der Waals surface area contributed by atoms with Gasteiger partial charge in [0.2, 0.25) is 5.91 Å².